The lowest BCUT2D eigenvalue weighted by molar-refractivity contribution is -0.132. The van der Waals surface area contributed by atoms with E-state index in [-0.39, 0.29) is 11.9 Å². The van der Waals surface area contributed by atoms with Gasteiger partial charge in [-0.3, -0.25) is 9.69 Å². The number of carbonyl (C=O) groups is 1. The maximum absolute atomic E-state index is 13.0. The Kier molecular flexibility index (Phi) is 6.11. The van der Waals surface area contributed by atoms with Crippen LogP contribution in [0.25, 0.3) is 6.08 Å². The van der Waals surface area contributed by atoms with Gasteiger partial charge in [0.1, 0.15) is 5.76 Å². The Morgan fingerprint density at radius 3 is 2.76 bits per heavy atom. The Morgan fingerprint density at radius 2 is 2.00 bits per heavy atom. The molecular formula is C23H29N3O3. The molecule has 1 amide bonds. The van der Waals surface area contributed by atoms with Crippen LogP contribution in [0.5, 0.6) is 0 Å². The topological polar surface area (TPSA) is 58.8 Å². The normalized spacial score (nSPS) is 22.8. The SMILES string of the molecule is Cc1noc(C)c1CC(=O)N1C[C@@H]2COC[C@H](C1)N(C/C=C/c1ccccc1)C2. The lowest BCUT2D eigenvalue weighted by Crippen LogP contribution is -2.46. The van der Waals surface area contributed by atoms with E-state index in [0.717, 1.165) is 36.7 Å². The Hall–Kier alpha value is -2.44. The molecule has 2 fully saturated rings. The molecule has 0 unspecified atom stereocenters. The zero-order valence-corrected chi connectivity index (χ0v) is 17.2. The molecule has 3 heterocycles. The number of amides is 1. The molecule has 2 aliphatic heterocycles. The molecule has 2 atom stereocenters. The van der Waals surface area contributed by atoms with Crippen molar-refractivity contribution in [1.82, 2.24) is 15.0 Å². The fourth-order valence-electron chi connectivity index (χ4n) is 4.26. The number of rotatable bonds is 5. The first-order valence-corrected chi connectivity index (χ1v) is 10.3. The monoisotopic (exact) mass is 395 g/mol. The first-order chi connectivity index (χ1) is 14.1. The van der Waals surface area contributed by atoms with Crippen LogP contribution < -0.4 is 0 Å². The molecule has 4 rings (SSSR count). The molecule has 0 aliphatic carbocycles. The average molecular weight is 396 g/mol. The maximum Gasteiger partial charge on any atom is 0.227 e. The maximum atomic E-state index is 13.0. The average Bonchev–Trinajstić information content (AvgIpc) is 2.88. The number of ether oxygens (including phenoxy) is 1. The van der Waals surface area contributed by atoms with Gasteiger partial charge in [0.2, 0.25) is 5.91 Å². The van der Waals surface area contributed by atoms with Gasteiger partial charge in [-0.15, -0.1) is 0 Å². The number of fused-ring (bicyclic) bond motifs is 3. The molecule has 154 valence electrons. The second-order valence-corrected chi connectivity index (χ2v) is 8.10. The number of benzene rings is 1. The zero-order valence-electron chi connectivity index (χ0n) is 17.2. The van der Waals surface area contributed by atoms with E-state index >= 15 is 0 Å². The first-order valence-electron chi connectivity index (χ1n) is 10.3. The van der Waals surface area contributed by atoms with Crippen molar-refractivity contribution in [3.05, 3.63) is 59.0 Å². The van der Waals surface area contributed by atoms with Crippen LogP contribution in [0, 0.1) is 19.8 Å². The van der Waals surface area contributed by atoms with Crippen molar-refractivity contribution in [2.75, 3.05) is 39.4 Å². The number of aromatic nitrogens is 1. The number of hydrogen-bond donors (Lipinski definition) is 0. The second-order valence-electron chi connectivity index (χ2n) is 8.10. The predicted molar refractivity (Wildman–Crippen MR) is 111 cm³/mol. The first kappa shape index (κ1) is 19.9. The molecule has 6 heteroatoms. The molecule has 2 aliphatic rings. The fourth-order valence-corrected chi connectivity index (χ4v) is 4.26. The van der Waals surface area contributed by atoms with Crippen molar-refractivity contribution in [1.29, 1.82) is 0 Å². The van der Waals surface area contributed by atoms with Crippen LogP contribution in [0.2, 0.25) is 0 Å². The van der Waals surface area contributed by atoms with Gasteiger partial charge in [0.05, 0.1) is 31.4 Å². The van der Waals surface area contributed by atoms with E-state index in [4.69, 9.17) is 9.26 Å². The van der Waals surface area contributed by atoms with Crippen molar-refractivity contribution < 1.29 is 14.1 Å². The summed E-state index contributed by atoms with van der Waals surface area (Å²) in [7, 11) is 0. The van der Waals surface area contributed by atoms with Gasteiger partial charge in [-0.25, -0.2) is 0 Å². The highest BCUT2D eigenvalue weighted by atomic mass is 16.5. The van der Waals surface area contributed by atoms with Crippen LogP contribution in [0.15, 0.2) is 40.9 Å². The molecule has 2 aromatic rings. The van der Waals surface area contributed by atoms with Crippen molar-refractivity contribution in [3.8, 4) is 0 Å². The molecule has 2 bridgehead atoms. The van der Waals surface area contributed by atoms with E-state index in [9.17, 15) is 4.79 Å². The summed E-state index contributed by atoms with van der Waals surface area (Å²) >= 11 is 0. The van der Waals surface area contributed by atoms with Crippen LogP contribution in [-0.2, 0) is 16.0 Å². The third-order valence-electron chi connectivity index (χ3n) is 5.89. The Morgan fingerprint density at radius 1 is 1.17 bits per heavy atom. The van der Waals surface area contributed by atoms with Gasteiger partial charge in [-0.05, 0) is 19.4 Å². The predicted octanol–water partition coefficient (Wildman–Crippen LogP) is 2.71. The standard InChI is InChI=1S/C23H29N3O3/c1-17-22(18(2)29-24-17)11-23(27)26-13-20-12-25(21(14-26)16-28-15-20)10-6-9-19-7-4-3-5-8-19/h3-9,20-21H,10-16H2,1-2H3/b9-6+/t20-,21+/m1/s1. The molecular weight excluding hydrogens is 366 g/mol. The van der Waals surface area contributed by atoms with Crippen LogP contribution in [0.4, 0.5) is 0 Å². The Balaban J connectivity index is 1.42. The van der Waals surface area contributed by atoms with E-state index in [1.165, 1.54) is 5.56 Å². The van der Waals surface area contributed by atoms with E-state index < -0.39 is 0 Å². The highest BCUT2D eigenvalue weighted by Crippen LogP contribution is 2.22. The number of nitrogens with zero attached hydrogens (tertiary/aromatic N) is 3. The highest BCUT2D eigenvalue weighted by molar-refractivity contribution is 5.79. The van der Waals surface area contributed by atoms with Gasteiger partial charge in [-0.1, -0.05) is 47.6 Å². The second kappa shape index (κ2) is 8.93. The van der Waals surface area contributed by atoms with Crippen molar-refractivity contribution in [2.45, 2.75) is 26.3 Å². The van der Waals surface area contributed by atoms with Crippen molar-refractivity contribution in [3.63, 3.8) is 0 Å². The lowest BCUT2D eigenvalue weighted by Gasteiger charge is -2.31. The summed E-state index contributed by atoms with van der Waals surface area (Å²) in [5.74, 6) is 1.22. The highest BCUT2D eigenvalue weighted by Gasteiger charge is 2.34. The van der Waals surface area contributed by atoms with E-state index in [2.05, 4.69) is 46.5 Å². The van der Waals surface area contributed by atoms with Crippen molar-refractivity contribution >= 4 is 12.0 Å². The zero-order chi connectivity index (χ0) is 20.2. The molecule has 2 saturated heterocycles. The summed E-state index contributed by atoms with van der Waals surface area (Å²) in [6, 6.07) is 10.6. The van der Waals surface area contributed by atoms with Gasteiger partial charge in [0.15, 0.2) is 0 Å². The molecule has 0 N–H and O–H groups in total. The van der Waals surface area contributed by atoms with Gasteiger partial charge < -0.3 is 14.2 Å². The Labute approximate surface area is 172 Å². The fraction of sp³-hybridized carbons (Fsp3) is 0.478. The Bertz CT molecular complexity index is 842. The minimum Gasteiger partial charge on any atom is -0.379 e. The molecule has 0 saturated carbocycles. The number of hydrogen-bond acceptors (Lipinski definition) is 5. The summed E-state index contributed by atoms with van der Waals surface area (Å²) in [4.78, 5) is 17.5. The third-order valence-corrected chi connectivity index (χ3v) is 5.89. The largest absolute Gasteiger partial charge is 0.379 e. The van der Waals surface area contributed by atoms with Crippen LogP contribution in [0.3, 0.4) is 0 Å². The van der Waals surface area contributed by atoms with Gasteiger partial charge in [0, 0.05) is 37.7 Å². The van der Waals surface area contributed by atoms with Crippen LogP contribution >= 0.6 is 0 Å². The third kappa shape index (κ3) is 4.77. The molecule has 1 aromatic carbocycles. The number of carbonyl (C=O) groups excluding carboxylic acids is 1. The summed E-state index contributed by atoms with van der Waals surface area (Å²) in [5, 5.41) is 3.98. The summed E-state index contributed by atoms with van der Waals surface area (Å²) in [6.45, 7) is 8.42. The van der Waals surface area contributed by atoms with Crippen molar-refractivity contribution in [2.24, 2.45) is 5.92 Å². The smallest absolute Gasteiger partial charge is 0.227 e. The minimum absolute atomic E-state index is 0.151. The van der Waals surface area contributed by atoms with Crippen LogP contribution in [0.1, 0.15) is 22.6 Å². The summed E-state index contributed by atoms with van der Waals surface area (Å²) in [6.07, 6.45) is 4.73. The lowest BCUT2D eigenvalue weighted by atomic mass is 10.1. The van der Waals surface area contributed by atoms with Crippen LogP contribution in [-0.4, -0.2) is 66.3 Å². The van der Waals surface area contributed by atoms with E-state index in [1.807, 2.05) is 24.8 Å². The van der Waals surface area contributed by atoms with E-state index in [0.29, 0.717) is 32.1 Å². The molecule has 1 aromatic heterocycles. The van der Waals surface area contributed by atoms with Gasteiger partial charge in [-0.2, -0.15) is 0 Å². The number of aryl methyl sites for hydroxylation is 2. The summed E-state index contributed by atoms with van der Waals surface area (Å²) in [5.41, 5.74) is 2.93. The molecule has 0 spiro atoms. The van der Waals surface area contributed by atoms with Gasteiger partial charge in [0.25, 0.3) is 0 Å². The molecule has 6 nitrogen and oxygen atoms in total. The quantitative estimate of drug-likeness (QED) is 0.779. The minimum atomic E-state index is 0.151. The van der Waals surface area contributed by atoms with Gasteiger partial charge >= 0.3 is 0 Å². The molecule has 29 heavy (non-hydrogen) atoms. The summed E-state index contributed by atoms with van der Waals surface area (Å²) < 4.78 is 11.1. The van der Waals surface area contributed by atoms with E-state index in [1.54, 1.807) is 0 Å². The molecule has 0 radical (unpaired) electrons.